The zero-order valence-electron chi connectivity index (χ0n) is 15.5. The molecule has 1 heterocycles. The first-order valence-corrected chi connectivity index (χ1v) is 8.72. The Morgan fingerprint density at radius 1 is 1.07 bits per heavy atom. The lowest BCUT2D eigenvalue weighted by Crippen LogP contribution is -2.26. The summed E-state index contributed by atoms with van der Waals surface area (Å²) in [5.41, 5.74) is 1.82. The second kappa shape index (κ2) is 8.52. The number of benzene rings is 2. The van der Waals surface area contributed by atoms with Crippen LogP contribution >= 0.6 is 0 Å². The Hall–Kier alpha value is -2.74. The Labute approximate surface area is 161 Å². The molecule has 0 bridgehead atoms. The van der Waals surface area contributed by atoms with Gasteiger partial charge < -0.3 is 19.6 Å². The fraction of sp³-hybridized carbons (Fsp3) is 0.350. The third-order valence-electron chi connectivity index (χ3n) is 4.43. The van der Waals surface area contributed by atoms with Gasteiger partial charge in [0.25, 0.3) is 0 Å². The highest BCUT2D eigenvalue weighted by molar-refractivity contribution is 6.01. The van der Waals surface area contributed by atoms with Crippen molar-refractivity contribution in [3.63, 3.8) is 0 Å². The molecule has 2 aromatic carbocycles. The summed E-state index contributed by atoms with van der Waals surface area (Å²) in [5.74, 6) is 1.26. The van der Waals surface area contributed by atoms with Crippen molar-refractivity contribution in [2.45, 2.75) is 25.2 Å². The lowest BCUT2D eigenvalue weighted by Gasteiger charge is -2.11. The van der Waals surface area contributed by atoms with Gasteiger partial charge in [0.1, 0.15) is 6.10 Å². The molecular formula is C20H21F3N2O3. The number of oxime groups is 1. The van der Waals surface area contributed by atoms with Crippen LogP contribution in [0.15, 0.2) is 47.6 Å². The third kappa shape index (κ3) is 4.75. The van der Waals surface area contributed by atoms with Crippen molar-refractivity contribution >= 4 is 5.71 Å². The zero-order chi connectivity index (χ0) is 20.1. The molecule has 3 rings (SSSR count). The van der Waals surface area contributed by atoms with E-state index in [1.54, 1.807) is 14.2 Å². The molecule has 0 fully saturated rings. The van der Waals surface area contributed by atoms with Crippen LogP contribution in [0.5, 0.6) is 11.5 Å². The van der Waals surface area contributed by atoms with Crippen LogP contribution in [0.2, 0.25) is 0 Å². The van der Waals surface area contributed by atoms with Gasteiger partial charge in [-0.3, -0.25) is 0 Å². The largest absolute Gasteiger partial charge is 0.493 e. The van der Waals surface area contributed by atoms with E-state index in [0.717, 1.165) is 29.0 Å². The minimum atomic E-state index is -4.32. The van der Waals surface area contributed by atoms with Gasteiger partial charge in [0.15, 0.2) is 11.5 Å². The van der Waals surface area contributed by atoms with E-state index in [2.05, 4.69) is 10.5 Å². The van der Waals surface area contributed by atoms with E-state index >= 15 is 0 Å². The van der Waals surface area contributed by atoms with Crippen LogP contribution < -0.4 is 14.8 Å². The van der Waals surface area contributed by atoms with Crippen LogP contribution in [0.1, 0.15) is 23.1 Å². The topological polar surface area (TPSA) is 52.1 Å². The fourth-order valence-electron chi connectivity index (χ4n) is 2.91. The van der Waals surface area contributed by atoms with E-state index in [9.17, 15) is 13.2 Å². The number of methoxy groups -OCH3 is 2. The molecule has 0 saturated heterocycles. The summed E-state index contributed by atoms with van der Waals surface area (Å²) in [5, 5.41) is 7.33. The normalized spacial score (nSPS) is 16.5. The third-order valence-corrected chi connectivity index (χ3v) is 4.43. The number of rotatable bonds is 7. The van der Waals surface area contributed by atoms with E-state index in [1.165, 1.54) is 12.1 Å². The Bertz CT molecular complexity index is 836. The first kappa shape index (κ1) is 20.0. The van der Waals surface area contributed by atoms with Gasteiger partial charge in [0, 0.05) is 25.1 Å². The summed E-state index contributed by atoms with van der Waals surface area (Å²) in [7, 11) is 3.15. The lowest BCUT2D eigenvalue weighted by atomic mass is 10.0. The summed E-state index contributed by atoms with van der Waals surface area (Å²) in [6.45, 7) is 0.977. The molecule has 0 saturated carbocycles. The van der Waals surface area contributed by atoms with Gasteiger partial charge in [0.05, 0.1) is 25.5 Å². The van der Waals surface area contributed by atoms with Crippen LogP contribution in [-0.2, 0) is 17.6 Å². The van der Waals surface area contributed by atoms with Crippen LogP contribution in [0.25, 0.3) is 0 Å². The number of hydrogen-bond acceptors (Lipinski definition) is 5. The number of hydrogen-bond donors (Lipinski definition) is 1. The molecule has 0 aliphatic carbocycles. The fourth-order valence-corrected chi connectivity index (χ4v) is 2.91. The number of alkyl halides is 3. The van der Waals surface area contributed by atoms with Gasteiger partial charge in [-0.1, -0.05) is 17.3 Å². The van der Waals surface area contributed by atoms with E-state index < -0.39 is 11.7 Å². The minimum Gasteiger partial charge on any atom is -0.493 e. The minimum absolute atomic E-state index is 0.141. The molecular weight excluding hydrogens is 373 g/mol. The molecule has 5 nitrogen and oxygen atoms in total. The molecule has 1 aliphatic heterocycles. The highest BCUT2D eigenvalue weighted by Gasteiger charge is 2.30. The molecule has 0 radical (unpaired) electrons. The van der Waals surface area contributed by atoms with Gasteiger partial charge in [-0.05, 0) is 35.9 Å². The van der Waals surface area contributed by atoms with Crippen molar-refractivity contribution in [2.75, 3.05) is 20.8 Å². The quantitative estimate of drug-likeness (QED) is 0.771. The van der Waals surface area contributed by atoms with Gasteiger partial charge in [-0.15, -0.1) is 0 Å². The van der Waals surface area contributed by atoms with Crippen molar-refractivity contribution in [3.05, 3.63) is 59.2 Å². The molecule has 0 unspecified atom stereocenters. The van der Waals surface area contributed by atoms with E-state index in [0.29, 0.717) is 31.0 Å². The molecule has 0 amide bonds. The average molecular weight is 394 g/mol. The first-order valence-electron chi connectivity index (χ1n) is 8.72. The Morgan fingerprint density at radius 2 is 1.79 bits per heavy atom. The standard InChI is InChI=1S/C20H21F3N2O3/c1-26-18-8-5-14(9-19(18)27-2)17-10-16(28-25-17)12-24-11-13-3-6-15(7-4-13)20(21,22)23/h3-9,16,24H,10-12H2,1-2H3/t16-/m1/s1. The number of nitrogens with one attached hydrogen (secondary N) is 1. The van der Waals surface area contributed by atoms with Crippen LogP contribution in [0, 0.1) is 0 Å². The van der Waals surface area contributed by atoms with E-state index in [-0.39, 0.29) is 6.10 Å². The summed E-state index contributed by atoms with van der Waals surface area (Å²) < 4.78 is 48.3. The van der Waals surface area contributed by atoms with Crippen molar-refractivity contribution < 1.29 is 27.5 Å². The maximum Gasteiger partial charge on any atom is 0.416 e. The molecule has 0 spiro atoms. The van der Waals surface area contributed by atoms with Crippen LogP contribution in [-0.4, -0.2) is 32.6 Å². The number of ether oxygens (including phenoxy) is 2. The van der Waals surface area contributed by atoms with Gasteiger partial charge in [-0.25, -0.2) is 0 Å². The molecule has 1 atom stereocenters. The first-order chi connectivity index (χ1) is 13.4. The van der Waals surface area contributed by atoms with Gasteiger partial charge in [0.2, 0.25) is 0 Å². The van der Waals surface area contributed by atoms with E-state index in [1.807, 2.05) is 18.2 Å². The molecule has 28 heavy (non-hydrogen) atoms. The predicted octanol–water partition coefficient (Wildman–Crippen LogP) is 4.01. The summed E-state index contributed by atoms with van der Waals surface area (Å²) in [6, 6.07) is 10.7. The molecule has 2 aromatic rings. The summed E-state index contributed by atoms with van der Waals surface area (Å²) >= 11 is 0. The predicted molar refractivity (Wildman–Crippen MR) is 98.7 cm³/mol. The smallest absolute Gasteiger partial charge is 0.416 e. The monoisotopic (exact) mass is 394 g/mol. The van der Waals surface area contributed by atoms with Crippen molar-refractivity contribution in [1.29, 1.82) is 0 Å². The molecule has 0 aromatic heterocycles. The highest BCUT2D eigenvalue weighted by Crippen LogP contribution is 2.30. The maximum atomic E-state index is 12.6. The Kier molecular flexibility index (Phi) is 6.08. The SMILES string of the molecule is COc1ccc(C2=NO[C@@H](CNCc3ccc(C(F)(F)F)cc3)C2)cc1OC. The van der Waals surface area contributed by atoms with E-state index in [4.69, 9.17) is 14.3 Å². The van der Waals surface area contributed by atoms with Gasteiger partial charge in [-0.2, -0.15) is 13.2 Å². The summed E-state index contributed by atoms with van der Waals surface area (Å²) in [6.07, 6.45) is -3.84. The van der Waals surface area contributed by atoms with Crippen LogP contribution in [0.3, 0.4) is 0 Å². The van der Waals surface area contributed by atoms with Crippen molar-refractivity contribution in [2.24, 2.45) is 5.16 Å². The molecule has 1 aliphatic rings. The Morgan fingerprint density at radius 3 is 2.43 bits per heavy atom. The molecule has 150 valence electrons. The molecule has 8 heteroatoms. The lowest BCUT2D eigenvalue weighted by molar-refractivity contribution is -0.137. The van der Waals surface area contributed by atoms with Crippen LogP contribution in [0.4, 0.5) is 13.2 Å². The zero-order valence-corrected chi connectivity index (χ0v) is 15.5. The van der Waals surface area contributed by atoms with Crippen molar-refractivity contribution in [1.82, 2.24) is 5.32 Å². The average Bonchev–Trinajstić information content (AvgIpc) is 3.16. The second-order valence-electron chi connectivity index (χ2n) is 6.36. The number of halogens is 3. The van der Waals surface area contributed by atoms with Gasteiger partial charge >= 0.3 is 6.18 Å². The molecule has 1 N–H and O–H groups in total. The summed E-state index contributed by atoms with van der Waals surface area (Å²) in [4.78, 5) is 5.46. The Balaban J connectivity index is 1.49. The van der Waals surface area contributed by atoms with Crippen molar-refractivity contribution in [3.8, 4) is 11.5 Å². The second-order valence-corrected chi connectivity index (χ2v) is 6.36. The maximum absolute atomic E-state index is 12.6. The highest BCUT2D eigenvalue weighted by atomic mass is 19.4. The number of nitrogens with zero attached hydrogens (tertiary/aromatic N) is 1.